The zero-order valence-corrected chi connectivity index (χ0v) is 11.5. The Morgan fingerprint density at radius 1 is 1.20 bits per heavy atom. The van der Waals surface area contributed by atoms with Crippen LogP contribution in [-0.4, -0.2) is 17.5 Å². The van der Waals surface area contributed by atoms with Crippen molar-refractivity contribution in [2.45, 2.75) is 19.8 Å². The first kappa shape index (κ1) is 14.1. The maximum absolute atomic E-state index is 11.8. The van der Waals surface area contributed by atoms with Crippen molar-refractivity contribution in [1.82, 2.24) is 4.98 Å². The topological polar surface area (TPSA) is 51.2 Å². The van der Waals surface area contributed by atoms with Crippen LogP contribution >= 0.6 is 0 Å². The van der Waals surface area contributed by atoms with Gasteiger partial charge in [0.1, 0.15) is 5.75 Å². The second kappa shape index (κ2) is 7.28. The molecule has 1 aromatic carbocycles. The highest BCUT2D eigenvalue weighted by atomic mass is 16.5. The molecule has 0 saturated heterocycles. The molecular weight excluding hydrogens is 252 g/mol. The molecule has 20 heavy (non-hydrogen) atoms. The number of benzene rings is 1. The Balaban J connectivity index is 1.82. The third-order valence-corrected chi connectivity index (χ3v) is 2.78. The zero-order valence-electron chi connectivity index (χ0n) is 11.5. The van der Waals surface area contributed by atoms with E-state index < -0.39 is 0 Å². The fourth-order valence-electron chi connectivity index (χ4n) is 1.81. The standard InChI is InChI=1S/C16H18N2O2/c1-2-20-15-9-6-14(7-10-15)18-16(19)11-8-13-5-3-4-12-17-13/h3-7,9-10,12H,2,8,11H2,1H3,(H,18,19). The molecule has 2 aromatic rings. The highest BCUT2D eigenvalue weighted by Crippen LogP contribution is 2.15. The van der Waals surface area contributed by atoms with E-state index in [-0.39, 0.29) is 5.91 Å². The SMILES string of the molecule is CCOc1ccc(NC(=O)CCc2ccccn2)cc1. The van der Waals surface area contributed by atoms with E-state index in [0.717, 1.165) is 17.1 Å². The number of aromatic nitrogens is 1. The van der Waals surface area contributed by atoms with Crippen LogP contribution in [0.25, 0.3) is 0 Å². The maximum Gasteiger partial charge on any atom is 0.224 e. The van der Waals surface area contributed by atoms with E-state index in [0.29, 0.717) is 19.4 Å². The first-order valence-corrected chi connectivity index (χ1v) is 6.70. The Hall–Kier alpha value is -2.36. The fraction of sp³-hybridized carbons (Fsp3) is 0.250. The summed E-state index contributed by atoms with van der Waals surface area (Å²) in [6, 6.07) is 13.1. The fourth-order valence-corrected chi connectivity index (χ4v) is 1.81. The van der Waals surface area contributed by atoms with E-state index in [2.05, 4.69) is 10.3 Å². The Bertz CT molecular complexity index is 538. The summed E-state index contributed by atoms with van der Waals surface area (Å²) in [7, 11) is 0. The number of carbonyl (C=O) groups excluding carboxylic acids is 1. The monoisotopic (exact) mass is 270 g/mol. The van der Waals surface area contributed by atoms with Gasteiger partial charge < -0.3 is 10.1 Å². The number of pyridine rings is 1. The molecule has 104 valence electrons. The molecule has 4 heteroatoms. The molecule has 0 unspecified atom stereocenters. The van der Waals surface area contributed by atoms with E-state index in [1.54, 1.807) is 6.20 Å². The van der Waals surface area contributed by atoms with Gasteiger partial charge in [0.15, 0.2) is 0 Å². The van der Waals surface area contributed by atoms with Gasteiger partial charge in [0.2, 0.25) is 5.91 Å². The number of amides is 1. The number of carbonyl (C=O) groups is 1. The van der Waals surface area contributed by atoms with Crippen molar-refractivity contribution in [1.29, 1.82) is 0 Å². The molecule has 0 aliphatic rings. The van der Waals surface area contributed by atoms with Gasteiger partial charge in [-0.15, -0.1) is 0 Å². The van der Waals surface area contributed by atoms with Crippen molar-refractivity contribution in [3.63, 3.8) is 0 Å². The number of hydrogen-bond acceptors (Lipinski definition) is 3. The lowest BCUT2D eigenvalue weighted by Gasteiger charge is -2.07. The van der Waals surface area contributed by atoms with Gasteiger partial charge in [-0.1, -0.05) is 6.07 Å². The Kier molecular flexibility index (Phi) is 5.12. The number of ether oxygens (including phenoxy) is 1. The van der Waals surface area contributed by atoms with Crippen LogP contribution in [0.3, 0.4) is 0 Å². The summed E-state index contributed by atoms with van der Waals surface area (Å²) >= 11 is 0. The van der Waals surface area contributed by atoms with E-state index in [9.17, 15) is 4.79 Å². The molecule has 0 aliphatic heterocycles. The van der Waals surface area contributed by atoms with Crippen molar-refractivity contribution >= 4 is 11.6 Å². The van der Waals surface area contributed by atoms with Crippen LogP contribution < -0.4 is 10.1 Å². The normalized spacial score (nSPS) is 10.1. The van der Waals surface area contributed by atoms with E-state index in [1.807, 2.05) is 49.4 Å². The van der Waals surface area contributed by atoms with Gasteiger partial charge in [-0.3, -0.25) is 9.78 Å². The van der Waals surface area contributed by atoms with Crippen LogP contribution in [0.1, 0.15) is 19.0 Å². The summed E-state index contributed by atoms with van der Waals surface area (Å²) in [5.74, 6) is 0.791. The summed E-state index contributed by atoms with van der Waals surface area (Å²) in [6.07, 6.45) is 2.80. The Morgan fingerprint density at radius 2 is 2.00 bits per heavy atom. The summed E-state index contributed by atoms with van der Waals surface area (Å²) in [4.78, 5) is 16.0. The number of rotatable bonds is 6. The molecule has 0 atom stereocenters. The molecule has 1 aromatic heterocycles. The molecule has 0 saturated carbocycles. The van der Waals surface area contributed by atoms with Gasteiger partial charge in [-0.2, -0.15) is 0 Å². The molecule has 0 aliphatic carbocycles. The van der Waals surface area contributed by atoms with Crippen LogP contribution in [0.4, 0.5) is 5.69 Å². The lowest BCUT2D eigenvalue weighted by atomic mass is 10.2. The first-order valence-electron chi connectivity index (χ1n) is 6.70. The van der Waals surface area contributed by atoms with Gasteiger partial charge in [0.25, 0.3) is 0 Å². The lowest BCUT2D eigenvalue weighted by molar-refractivity contribution is -0.116. The molecule has 1 N–H and O–H groups in total. The number of nitrogens with zero attached hydrogens (tertiary/aromatic N) is 1. The van der Waals surface area contributed by atoms with Crippen molar-refractivity contribution in [3.05, 3.63) is 54.4 Å². The van der Waals surface area contributed by atoms with E-state index >= 15 is 0 Å². The van der Waals surface area contributed by atoms with Gasteiger partial charge in [0.05, 0.1) is 6.61 Å². The number of anilines is 1. The minimum Gasteiger partial charge on any atom is -0.494 e. The molecule has 0 spiro atoms. The third-order valence-electron chi connectivity index (χ3n) is 2.78. The van der Waals surface area contributed by atoms with E-state index in [1.165, 1.54) is 0 Å². The summed E-state index contributed by atoms with van der Waals surface area (Å²) in [5.41, 5.74) is 1.70. The molecule has 0 radical (unpaired) electrons. The van der Waals surface area contributed by atoms with Gasteiger partial charge in [0, 0.05) is 24.0 Å². The average Bonchev–Trinajstić information content (AvgIpc) is 2.49. The maximum atomic E-state index is 11.8. The zero-order chi connectivity index (χ0) is 14.2. The number of hydrogen-bond donors (Lipinski definition) is 1. The molecule has 2 rings (SSSR count). The first-order chi connectivity index (χ1) is 9.78. The highest BCUT2D eigenvalue weighted by Gasteiger charge is 2.04. The van der Waals surface area contributed by atoms with Crippen molar-refractivity contribution in [2.24, 2.45) is 0 Å². The smallest absolute Gasteiger partial charge is 0.224 e. The second-order valence-corrected chi connectivity index (χ2v) is 4.33. The molecule has 0 fully saturated rings. The van der Waals surface area contributed by atoms with Gasteiger partial charge in [-0.05, 0) is 49.7 Å². The predicted octanol–water partition coefficient (Wildman–Crippen LogP) is 3.05. The average molecular weight is 270 g/mol. The van der Waals surface area contributed by atoms with Crippen LogP contribution in [0.2, 0.25) is 0 Å². The highest BCUT2D eigenvalue weighted by molar-refractivity contribution is 5.90. The van der Waals surface area contributed by atoms with Gasteiger partial charge in [-0.25, -0.2) is 0 Å². The van der Waals surface area contributed by atoms with Crippen LogP contribution in [-0.2, 0) is 11.2 Å². The predicted molar refractivity (Wildman–Crippen MR) is 78.8 cm³/mol. The lowest BCUT2D eigenvalue weighted by Crippen LogP contribution is -2.12. The van der Waals surface area contributed by atoms with Gasteiger partial charge >= 0.3 is 0 Å². The largest absolute Gasteiger partial charge is 0.494 e. The number of aryl methyl sites for hydroxylation is 1. The molecular formula is C16H18N2O2. The second-order valence-electron chi connectivity index (χ2n) is 4.33. The van der Waals surface area contributed by atoms with Crippen molar-refractivity contribution < 1.29 is 9.53 Å². The van der Waals surface area contributed by atoms with Crippen LogP contribution in [0, 0.1) is 0 Å². The Morgan fingerprint density at radius 3 is 2.65 bits per heavy atom. The molecule has 0 bridgehead atoms. The Labute approximate surface area is 118 Å². The van der Waals surface area contributed by atoms with Crippen molar-refractivity contribution in [3.8, 4) is 5.75 Å². The van der Waals surface area contributed by atoms with Crippen LogP contribution in [0.15, 0.2) is 48.7 Å². The van der Waals surface area contributed by atoms with E-state index in [4.69, 9.17) is 4.74 Å². The van der Waals surface area contributed by atoms with Crippen LogP contribution in [0.5, 0.6) is 5.75 Å². The quantitative estimate of drug-likeness (QED) is 0.877. The third kappa shape index (κ3) is 4.39. The number of nitrogens with one attached hydrogen (secondary N) is 1. The summed E-state index contributed by atoms with van der Waals surface area (Å²) < 4.78 is 5.35. The summed E-state index contributed by atoms with van der Waals surface area (Å²) in [6.45, 7) is 2.57. The molecule has 1 amide bonds. The molecule has 1 heterocycles. The minimum atomic E-state index is -0.0141. The molecule has 4 nitrogen and oxygen atoms in total. The minimum absolute atomic E-state index is 0.0141. The summed E-state index contributed by atoms with van der Waals surface area (Å²) in [5, 5.41) is 2.86. The van der Waals surface area contributed by atoms with Crippen molar-refractivity contribution in [2.75, 3.05) is 11.9 Å².